The molecule has 0 spiro atoms. The topological polar surface area (TPSA) is 80.2 Å². The fourth-order valence-corrected chi connectivity index (χ4v) is 4.42. The van der Waals surface area contributed by atoms with E-state index in [4.69, 9.17) is 9.47 Å². The molecule has 6 nitrogen and oxygen atoms in total. The number of hydrazone groups is 1. The van der Waals surface area contributed by atoms with Crippen LogP contribution in [-0.2, 0) is 4.79 Å². The van der Waals surface area contributed by atoms with Gasteiger partial charge in [-0.15, -0.1) is 0 Å². The SMILES string of the molecule is O=C(N/N=C/c1c(Br)cc(Br)c(O)c1Br)[C@@H]1COc2ccccc2O1. The summed E-state index contributed by atoms with van der Waals surface area (Å²) in [6.45, 7) is 0.102. The van der Waals surface area contributed by atoms with E-state index in [1.807, 2.05) is 6.07 Å². The van der Waals surface area contributed by atoms with Gasteiger partial charge in [0.15, 0.2) is 11.5 Å². The molecule has 0 fully saturated rings. The molecule has 2 N–H and O–H groups in total. The molecule has 130 valence electrons. The fourth-order valence-electron chi connectivity index (χ4n) is 2.09. The number of para-hydroxylation sites is 2. The van der Waals surface area contributed by atoms with Crippen LogP contribution < -0.4 is 14.9 Å². The van der Waals surface area contributed by atoms with Gasteiger partial charge in [0, 0.05) is 10.0 Å². The standard InChI is InChI=1S/C16H11Br3N2O4/c17-9-5-10(18)15(22)14(19)8(9)6-20-21-16(23)13-7-24-11-3-1-2-4-12(11)25-13/h1-6,13,22H,7H2,(H,21,23)/b20-6+/t13-/m0/s1. The number of rotatable bonds is 3. The van der Waals surface area contributed by atoms with Crippen molar-refractivity contribution < 1.29 is 19.4 Å². The molecular formula is C16H11Br3N2O4. The number of phenolic OH excluding ortho intramolecular Hbond substituents is 1. The van der Waals surface area contributed by atoms with E-state index in [1.54, 1.807) is 24.3 Å². The maximum Gasteiger partial charge on any atom is 0.284 e. The molecule has 1 aliphatic heterocycles. The van der Waals surface area contributed by atoms with Crippen molar-refractivity contribution in [2.24, 2.45) is 5.10 Å². The van der Waals surface area contributed by atoms with Gasteiger partial charge in [0.05, 0.1) is 15.2 Å². The second-order valence-electron chi connectivity index (χ2n) is 5.01. The first-order chi connectivity index (χ1) is 12.0. The zero-order chi connectivity index (χ0) is 18.0. The Morgan fingerprint density at radius 2 is 1.96 bits per heavy atom. The molecule has 1 amide bonds. The number of carbonyl (C=O) groups excluding carboxylic acids is 1. The predicted octanol–water partition coefficient (Wildman–Crippen LogP) is 3.97. The Morgan fingerprint density at radius 1 is 1.24 bits per heavy atom. The van der Waals surface area contributed by atoms with Crippen molar-refractivity contribution in [3.8, 4) is 17.2 Å². The summed E-state index contributed by atoms with van der Waals surface area (Å²) in [6.07, 6.45) is 0.618. The van der Waals surface area contributed by atoms with Crippen LogP contribution in [0.5, 0.6) is 17.2 Å². The monoisotopic (exact) mass is 532 g/mol. The van der Waals surface area contributed by atoms with E-state index in [1.165, 1.54) is 6.21 Å². The number of phenols is 1. The number of hydrogen-bond acceptors (Lipinski definition) is 5. The molecular weight excluding hydrogens is 524 g/mol. The summed E-state index contributed by atoms with van der Waals surface area (Å²) < 4.78 is 12.8. The third-order valence-electron chi connectivity index (χ3n) is 3.35. The van der Waals surface area contributed by atoms with E-state index in [-0.39, 0.29) is 12.4 Å². The van der Waals surface area contributed by atoms with Gasteiger partial charge in [0.2, 0.25) is 6.10 Å². The molecule has 0 aliphatic carbocycles. The van der Waals surface area contributed by atoms with E-state index < -0.39 is 12.0 Å². The molecule has 0 unspecified atom stereocenters. The quantitative estimate of drug-likeness (QED) is 0.461. The van der Waals surface area contributed by atoms with Gasteiger partial charge < -0.3 is 14.6 Å². The second kappa shape index (κ2) is 7.76. The van der Waals surface area contributed by atoms with Crippen LogP contribution in [0.2, 0.25) is 0 Å². The van der Waals surface area contributed by atoms with Crippen molar-refractivity contribution in [1.29, 1.82) is 0 Å². The summed E-state index contributed by atoms with van der Waals surface area (Å²) in [5, 5.41) is 13.8. The molecule has 9 heteroatoms. The molecule has 0 saturated carbocycles. The molecule has 1 aliphatic rings. The number of carbonyl (C=O) groups is 1. The zero-order valence-electron chi connectivity index (χ0n) is 12.5. The van der Waals surface area contributed by atoms with Gasteiger partial charge in [0.25, 0.3) is 5.91 Å². The van der Waals surface area contributed by atoms with E-state index in [9.17, 15) is 9.90 Å². The molecule has 1 atom stereocenters. The average molecular weight is 535 g/mol. The van der Waals surface area contributed by atoms with E-state index in [0.29, 0.717) is 30.5 Å². The summed E-state index contributed by atoms with van der Waals surface area (Å²) >= 11 is 9.89. The van der Waals surface area contributed by atoms with Crippen LogP contribution in [-0.4, -0.2) is 29.9 Å². The highest BCUT2D eigenvalue weighted by Crippen LogP contribution is 2.38. The molecule has 2 aromatic rings. The number of aromatic hydroxyl groups is 1. The molecule has 1 heterocycles. The Kier molecular flexibility index (Phi) is 5.65. The number of ether oxygens (including phenoxy) is 2. The van der Waals surface area contributed by atoms with Crippen LogP contribution in [0.15, 0.2) is 48.9 Å². The molecule has 0 saturated heterocycles. The lowest BCUT2D eigenvalue weighted by molar-refractivity contribution is -0.130. The number of hydrogen-bond donors (Lipinski definition) is 2. The van der Waals surface area contributed by atoms with E-state index in [0.717, 1.165) is 0 Å². The minimum Gasteiger partial charge on any atom is -0.506 e. The van der Waals surface area contributed by atoms with Crippen molar-refractivity contribution >= 4 is 59.9 Å². The van der Waals surface area contributed by atoms with E-state index in [2.05, 4.69) is 58.3 Å². The van der Waals surface area contributed by atoms with Gasteiger partial charge in [-0.25, -0.2) is 5.43 Å². The minimum absolute atomic E-state index is 0.0385. The summed E-state index contributed by atoms with van der Waals surface area (Å²) in [5.74, 6) is 0.727. The Morgan fingerprint density at radius 3 is 2.72 bits per heavy atom. The lowest BCUT2D eigenvalue weighted by atomic mass is 10.2. The van der Waals surface area contributed by atoms with Gasteiger partial charge in [-0.1, -0.05) is 28.1 Å². The third kappa shape index (κ3) is 3.99. The van der Waals surface area contributed by atoms with Crippen molar-refractivity contribution in [1.82, 2.24) is 5.43 Å². The molecule has 25 heavy (non-hydrogen) atoms. The largest absolute Gasteiger partial charge is 0.506 e. The summed E-state index contributed by atoms with van der Waals surface area (Å²) in [4.78, 5) is 12.2. The van der Waals surface area contributed by atoms with Crippen LogP contribution >= 0.6 is 47.8 Å². The highest BCUT2D eigenvalue weighted by molar-refractivity contribution is 9.11. The summed E-state index contributed by atoms with van der Waals surface area (Å²) in [7, 11) is 0. The molecule has 0 aromatic heterocycles. The Hall–Kier alpha value is -1.58. The van der Waals surface area contributed by atoms with Crippen molar-refractivity contribution in [2.45, 2.75) is 6.10 Å². The maximum atomic E-state index is 12.2. The van der Waals surface area contributed by atoms with Crippen LogP contribution in [0.25, 0.3) is 0 Å². The Bertz CT molecular complexity index is 858. The van der Waals surface area contributed by atoms with Crippen LogP contribution in [0.1, 0.15) is 5.56 Å². The number of nitrogens with one attached hydrogen (secondary N) is 1. The Labute approximate surface area is 168 Å². The number of nitrogens with zero attached hydrogens (tertiary/aromatic N) is 1. The zero-order valence-corrected chi connectivity index (χ0v) is 17.3. The number of halogens is 3. The molecule has 0 radical (unpaired) electrons. The van der Waals surface area contributed by atoms with Crippen LogP contribution in [0.3, 0.4) is 0 Å². The third-order valence-corrected chi connectivity index (χ3v) is 5.41. The van der Waals surface area contributed by atoms with Gasteiger partial charge >= 0.3 is 0 Å². The van der Waals surface area contributed by atoms with Gasteiger partial charge in [-0.2, -0.15) is 5.10 Å². The molecule has 3 rings (SSSR count). The fraction of sp³-hybridized carbons (Fsp3) is 0.125. The summed E-state index contributed by atoms with van der Waals surface area (Å²) in [6, 6.07) is 8.82. The highest BCUT2D eigenvalue weighted by atomic mass is 79.9. The predicted molar refractivity (Wildman–Crippen MR) is 103 cm³/mol. The van der Waals surface area contributed by atoms with Gasteiger partial charge in [0.1, 0.15) is 12.4 Å². The molecule has 0 bridgehead atoms. The number of amides is 1. The number of fused-ring (bicyclic) bond motifs is 1. The number of benzene rings is 2. The normalized spacial score (nSPS) is 16.0. The average Bonchev–Trinajstić information content (AvgIpc) is 2.62. The van der Waals surface area contributed by atoms with Crippen LogP contribution in [0.4, 0.5) is 0 Å². The minimum atomic E-state index is -0.794. The van der Waals surface area contributed by atoms with Gasteiger partial charge in [-0.05, 0) is 50.1 Å². The lowest BCUT2D eigenvalue weighted by Crippen LogP contribution is -2.42. The smallest absolute Gasteiger partial charge is 0.284 e. The van der Waals surface area contributed by atoms with Crippen LogP contribution in [0, 0.1) is 0 Å². The first-order valence-corrected chi connectivity index (χ1v) is 9.43. The Balaban J connectivity index is 1.67. The second-order valence-corrected chi connectivity index (χ2v) is 7.52. The highest BCUT2D eigenvalue weighted by Gasteiger charge is 2.27. The lowest BCUT2D eigenvalue weighted by Gasteiger charge is -2.24. The van der Waals surface area contributed by atoms with Crippen molar-refractivity contribution in [3.63, 3.8) is 0 Å². The molecule has 2 aromatic carbocycles. The summed E-state index contributed by atoms with van der Waals surface area (Å²) in [5.41, 5.74) is 2.99. The van der Waals surface area contributed by atoms with E-state index >= 15 is 0 Å². The van der Waals surface area contributed by atoms with Crippen molar-refractivity contribution in [3.05, 3.63) is 49.3 Å². The van der Waals surface area contributed by atoms with Crippen molar-refractivity contribution in [2.75, 3.05) is 6.61 Å². The first-order valence-electron chi connectivity index (χ1n) is 7.05. The maximum absolute atomic E-state index is 12.2. The first kappa shape index (κ1) is 18.2. The van der Waals surface area contributed by atoms with Gasteiger partial charge in [-0.3, -0.25) is 4.79 Å².